The van der Waals surface area contributed by atoms with E-state index in [4.69, 9.17) is 0 Å². The van der Waals surface area contributed by atoms with Crippen LogP contribution >= 0.6 is 0 Å². The topological polar surface area (TPSA) is 0 Å². The Labute approximate surface area is 81.7 Å². The van der Waals surface area contributed by atoms with Crippen LogP contribution in [-0.4, -0.2) is 0 Å². The molecule has 0 radical (unpaired) electrons. The van der Waals surface area contributed by atoms with Gasteiger partial charge in [-0.3, -0.25) is 0 Å². The van der Waals surface area contributed by atoms with E-state index in [9.17, 15) is 0 Å². The minimum absolute atomic E-state index is 0.925. The summed E-state index contributed by atoms with van der Waals surface area (Å²) in [5.41, 5.74) is 3.08. The zero-order chi connectivity index (χ0) is 9.78. The third kappa shape index (κ3) is 10.7. The fraction of sp³-hybridized carbons (Fsp3) is 0.308. The van der Waals surface area contributed by atoms with E-state index in [0.717, 1.165) is 19.3 Å². The summed E-state index contributed by atoms with van der Waals surface area (Å²) in [5, 5.41) is 0. The van der Waals surface area contributed by atoms with Gasteiger partial charge in [0.2, 0.25) is 0 Å². The van der Waals surface area contributed by atoms with Crippen molar-refractivity contribution >= 4 is 0 Å². The minimum atomic E-state index is 0.925. The molecule has 0 fully saturated rings. The van der Waals surface area contributed by atoms with Crippen molar-refractivity contribution in [3.05, 3.63) is 54.8 Å². The lowest BCUT2D eigenvalue weighted by atomic mass is 10.3. The van der Waals surface area contributed by atoms with Crippen molar-refractivity contribution in [1.29, 1.82) is 0 Å². The van der Waals surface area contributed by atoms with E-state index in [2.05, 4.69) is 37.5 Å². The minimum Gasteiger partial charge on any atom is -0.125 e. The molecule has 70 valence electrons. The van der Waals surface area contributed by atoms with Crippen LogP contribution in [0, 0.1) is 0 Å². The SMILES string of the molecule is C=CC/C=C/C=C=CC/C=C/CC. The van der Waals surface area contributed by atoms with Crippen molar-refractivity contribution in [2.24, 2.45) is 0 Å². The Hall–Kier alpha value is -1.26. The third-order valence-electron chi connectivity index (χ3n) is 1.41. The lowest BCUT2D eigenvalue weighted by molar-refractivity contribution is 1.20. The van der Waals surface area contributed by atoms with Gasteiger partial charge in [0.1, 0.15) is 0 Å². The zero-order valence-corrected chi connectivity index (χ0v) is 8.37. The second-order valence-corrected chi connectivity index (χ2v) is 2.61. The molecule has 0 rings (SSSR count). The molecule has 0 heterocycles. The van der Waals surface area contributed by atoms with Gasteiger partial charge in [-0.1, -0.05) is 37.3 Å². The molecule has 0 aliphatic rings. The fourth-order valence-electron chi connectivity index (χ4n) is 0.765. The Morgan fingerprint density at radius 1 is 1.15 bits per heavy atom. The first-order chi connectivity index (χ1) is 6.41. The highest BCUT2D eigenvalue weighted by Crippen LogP contribution is 1.87. The molecule has 0 unspecified atom stereocenters. The van der Waals surface area contributed by atoms with E-state index in [1.54, 1.807) is 0 Å². The predicted molar refractivity (Wildman–Crippen MR) is 60.7 cm³/mol. The molecule has 0 aromatic rings. The molecular formula is C13H18. The quantitative estimate of drug-likeness (QED) is 0.322. The van der Waals surface area contributed by atoms with Crippen molar-refractivity contribution in [1.82, 2.24) is 0 Å². The lowest BCUT2D eigenvalue weighted by Gasteiger charge is -1.77. The van der Waals surface area contributed by atoms with Crippen LogP contribution in [0.4, 0.5) is 0 Å². The summed E-state index contributed by atoms with van der Waals surface area (Å²) >= 11 is 0. The van der Waals surface area contributed by atoms with Crippen LogP contribution in [-0.2, 0) is 0 Å². The Kier molecular flexibility index (Phi) is 9.70. The van der Waals surface area contributed by atoms with Gasteiger partial charge in [0.25, 0.3) is 0 Å². The number of allylic oxidation sites excluding steroid dienone is 6. The third-order valence-corrected chi connectivity index (χ3v) is 1.41. The van der Waals surface area contributed by atoms with Gasteiger partial charge in [-0.15, -0.1) is 12.3 Å². The second-order valence-electron chi connectivity index (χ2n) is 2.61. The van der Waals surface area contributed by atoms with Gasteiger partial charge in [0, 0.05) is 0 Å². The molecule has 0 bridgehead atoms. The van der Waals surface area contributed by atoms with E-state index in [0.29, 0.717) is 0 Å². The van der Waals surface area contributed by atoms with Gasteiger partial charge in [0.15, 0.2) is 0 Å². The molecule has 0 aliphatic heterocycles. The summed E-state index contributed by atoms with van der Waals surface area (Å²) in [7, 11) is 0. The average molecular weight is 174 g/mol. The summed E-state index contributed by atoms with van der Waals surface area (Å²) in [4.78, 5) is 0. The van der Waals surface area contributed by atoms with Crippen molar-refractivity contribution in [2.75, 3.05) is 0 Å². The van der Waals surface area contributed by atoms with Crippen LogP contribution in [0.2, 0.25) is 0 Å². The molecule has 0 heteroatoms. The predicted octanol–water partition coefficient (Wildman–Crippen LogP) is 4.19. The number of hydrogen-bond donors (Lipinski definition) is 0. The molecule has 0 aromatic carbocycles. The molecule has 0 aliphatic carbocycles. The molecule has 0 nitrogen and oxygen atoms in total. The fourth-order valence-corrected chi connectivity index (χ4v) is 0.765. The molecule has 0 aromatic heterocycles. The van der Waals surface area contributed by atoms with Crippen LogP contribution in [0.15, 0.2) is 54.8 Å². The van der Waals surface area contributed by atoms with Gasteiger partial charge >= 0.3 is 0 Å². The van der Waals surface area contributed by atoms with Crippen LogP contribution in [0.5, 0.6) is 0 Å². The molecular weight excluding hydrogens is 156 g/mol. The first-order valence-electron chi connectivity index (χ1n) is 4.73. The highest BCUT2D eigenvalue weighted by molar-refractivity contribution is 5.04. The van der Waals surface area contributed by atoms with Gasteiger partial charge in [-0.05, 0) is 31.4 Å². The maximum Gasteiger partial charge on any atom is -0.00929 e. The standard InChI is InChI=1S/C13H18/c1-3-5-7-9-11-13-12-10-8-6-4-2/h3,6-9,11-12H,1,4-5,10H2,2H3/b8-6+,9-7+. The second kappa shape index (κ2) is 10.7. The van der Waals surface area contributed by atoms with Crippen molar-refractivity contribution in [2.45, 2.75) is 26.2 Å². The maximum absolute atomic E-state index is 3.63. The largest absolute Gasteiger partial charge is 0.125 e. The lowest BCUT2D eigenvalue weighted by Crippen LogP contribution is -1.56. The molecule has 0 atom stereocenters. The molecule has 0 saturated carbocycles. The normalized spacial score (nSPS) is 10.2. The van der Waals surface area contributed by atoms with E-state index >= 15 is 0 Å². The van der Waals surface area contributed by atoms with Crippen molar-refractivity contribution < 1.29 is 0 Å². The summed E-state index contributed by atoms with van der Waals surface area (Å²) in [5.74, 6) is 0. The van der Waals surface area contributed by atoms with Crippen LogP contribution in [0.1, 0.15) is 26.2 Å². The maximum atomic E-state index is 3.63. The Morgan fingerprint density at radius 3 is 2.69 bits per heavy atom. The molecule has 0 amide bonds. The summed E-state index contributed by atoms with van der Waals surface area (Å²) in [6.45, 7) is 5.76. The monoisotopic (exact) mass is 174 g/mol. The van der Waals surface area contributed by atoms with Crippen molar-refractivity contribution in [3.8, 4) is 0 Å². The van der Waals surface area contributed by atoms with Gasteiger partial charge in [-0.25, -0.2) is 0 Å². The number of rotatable bonds is 6. The number of hydrogen-bond acceptors (Lipinski definition) is 0. The van der Waals surface area contributed by atoms with E-state index in [1.165, 1.54) is 0 Å². The zero-order valence-electron chi connectivity index (χ0n) is 8.37. The summed E-state index contributed by atoms with van der Waals surface area (Å²) in [6.07, 6.45) is 17.2. The summed E-state index contributed by atoms with van der Waals surface area (Å²) in [6, 6.07) is 0. The van der Waals surface area contributed by atoms with Crippen LogP contribution < -0.4 is 0 Å². The van der Waals surface area contributed by atoms with Gasteiger partial charge < -0.3 is 0 Å². The molecule has 0 saturated heterocycles. The van der Waals surface area contributed by atoms with Crippen molar-refractivity contribution in [3.63, 3.8) is 0 Å². The van der Waals surface area contributed by atoms with Crippen LogP contribution in [0.25, 0.3) is 0 Å². The Balaban J connectivity index is 3.58. The Bertz CT molecular complexity index is 222. The van der Waals surface area contributed by atoms with Gasteiger partial charge in [0.05, 0.1) is 0 Å². The highest BCUT2D eigenvalue weighted by Gasteiger charge is 1.67. The summed E-state index contributed by atoms with van der Waals surface area (Å²) < 4.78 is 0. The van der Waals surface area contributed by atoms with Gasteiger partial charge in [-0.2, -0.15) is 0 Å². The first-order valence-corrected chi connectivity index (χ1v) is 4.73. The van der Waals surface area contributed by atoms with E-state index in [1.807, 2.05) is 24.3 Å². The molecule has 13 heavy (non-hydrogen) atoms. The first kappa shape index (κ1) is 11.7. The Morgan fingerprint density at radius 2 is 2.00 bits per heavy atom. The average Bonchev–Trinajstić information content (AvgIpc) is 2.16. The molecule has 0 N–H and O–H groups in total. The van der Waals surface area contributed by atoms with E-state index in [-0.39, 0.29) is 0 Å². The van der Waals surface area contributed by atoms with E-state index < -0.39 is 0 Å². The highest BCUT2D eigenvalue weighted by atomic mass is 13.7. The smallest absolute Gasteiger partial charge is 0.00929 e. The van der Waals surface area contributed by atoms with Crippen LogP contribution in [0.3, 0.4) is 0 Å². The molecule has 0 spiro atoms.